The summed E-state index contributed by atoms with van der Waals surface area (Å²) in [4.78, 5) is 14.6. The number of nitrogen functional groups attached to an aromatic ring is 1. The second-order valence-electron chi connectivity index (χ2n) is 7.09. The summed E-state index contributed by atoms with van der Waals surface area (Å²) in [7, 11) is 1.85. The average Bonchev–Trinajstić information content (AvgIpc) is 3.11. The van der Waals surface area contributed by atoms with Gasteiger partial charge < -0.3 is 10.7 Å². The molecule has 0 saturated heterocycles. The van der Waals surface area contributed by atoms with Crippen LogP contribution >= 0.6 is 11.8 Å². The van der Waals surface area contributed by atoms with Crippen LogP contribution in [0, 0.1) is 5.82 Å². The molecule has 0 aliphatic heterocycles. The van der Waals surface area contributed by atoms with Crippen molar-refractivity contribution in [3.05, 3.63) is 65.5 Å². The maximum atomic E-state index is 13.5. The fourth-order valence-corrected chi connectivity index (χ4v) is 4.51. The second-order valence-corrected chi connectivity index (χ2v) is 8.03. The van der Waals surface area contributed by atoms with E-state index in [2.05, 4.69) is 22.3 Å². The quantitative estimate of drug-likeness (QED) is 0.514. The Bertz CT molecular complexity index is 1040. The Morgan fingerprint density at radius 2 is 2.10 bits per heavy atom. The number of hydrogen-bond acceptors (Lipinski definition) is 5. The Balaban J connectivity index is 1.44. The molecule has 3 aromatic rings. The second kappa shape index (κ2) is 8.24. The van der Waals surface area contributed by atoms with Crippen LogP contribution < -0.4 is 5.84 Å². The van der Waals surface area contributed by atoms with Gasteiger partial charge in [0.1, 0.15) is 5.82 Å². The van der Waals surface area contributed by atoms with Crippen LogP contribution in [-0.4, -0.2) is 38.5 Å². The molecular weight excluding hydrogens is 389 g/mol. The molecule has 0 radical (unpaired) electrons. The summed E-state index contributed by atoms with van der Waals surface area (Å²) in [6, 6.07) is 14.4. The third-order valence-electron chi connectivity index (χ3n) is 5.27. The first-order chi connectivity index (χ1) is 14.0. The van der Waals surface area contributed by atoms with Crippen molar-refractivity contribution in [2.24, 2.45) is 0 Å². The molecule has 1 aromatic heterocycles. The molecule has 0 unspecified atom stereocenters. The molecule has 1 atom stereocenters. The third kappa shape index (κ3) is 3.98. The van der Waals surface area contributed by atoms with E-state index in [0.29, 0.717) is 16.5 Å². The van der Waals surface area contributed by atoms with Crippen molar-refractivity contribution in [2.75, 3.05) is 18.6 Å². The monoisotopic (exact) mass is 411 g/mol. The maximum absolute atomic E-state index is 13.5. The van der Waals surface area contributed by atoms with Gasteiger partial charge in [0.15, 0.2) is 5.82 Å². The number of nitrogens with two attached hydrogens (primary N) is 1. The zero-order chi connectivity index (χ0) is 20.4. The standard InChI is InChI=1S/C21H22FN5OS/c1-26(18-11-5-7-14-6-2-3-10-17(14)18)19(28)13-29-21-25-24-20(27(21)23)15-8-4-9-16(22)12-15/h2-4,6,8-10,12,18H,5,7,11,13,23H2,1H3/t18-/m1/s1. The van der Waals surface area contributed by atoms with Gasteiger partial charge in [-0.25, -0.2) is 9.07 Å². The number of thioether (sulfide) groups is 1. The summed E-state index contributed by atoms with van der Waals surface area (Å²) in [6.07, 6.45) is 3.09. The van der Waals surface area contributed by atoms with E-state index in [1.165, 1.54) is 39.7 Å². The van der Waals surface area contributed by atoms with Gasteiger partial charge in [0.25, 0.3) is 0 Å². The number of rotatable bonds is 5. The number of aryl methyl sites for hydroxylation is 1. The number of halogens is 1. The number of carbonyl (C=O) groups excluding carboxylic acids is 1. The van der Waals surface area contributed by atoms with Gasteiger partial charge in [-0.2, -0.15) is 0 Å². The summed E-state index contributed by atoms with van der Waals surface area (Å²) >= 11 is 1.23. The predicted octanol–water partition coefficient (Wildman–Crippen LogP) is 3.43. The summed E-state index contributed by atoms with van der Waals surface area (Å²) in [5.74, 6) is 6.27. The van der Waals surface area contributed by atoms with Gasteiger partial charge >= 0.3 is 0 Å². The number of hydrogen-bond donors (Lipinski definition) is 1. The van der Waals surface area contributed by atoms with Gasteiger partial charge in [-0.3, -0.25) is 4.79 Å². The number of benzene rings is 2. The van der Waals surface area contributed by atoms with E-state index in [1.54, 1.807) is 12.1 Å². The van der Waals surface area contributed by atoms with E-state index < -0.39 is 0 Å². The Morgan fingerprint density at radius 3 is 2.93 bits per heavy atom. The highest BCUT2D eigenvalue weighted by molar-refractivity contribution is 7.99. The molecule has 1 amide bonds. The molecule has 0 fully saturated rings. The summed E-state index contributed by atoms with van der Waals surface area (Å²) in [5.41, 5.74) is 3.08. The van der Waals surface area contributed by atoms with Crippen LogP contribution in [0.3, 0.4) is 0 Å². The lowest BCUT2D eigenvalue weighted by Gasteiger charge is -2.33. The fourth-order valence-electron chi connectivity index (χ4n) is 3.73. The van der Waals surface area contributed by atoms with Crippen LogP contribution in [0.25, 0.3) is 11.4 Å². The normalized spacial score (nSPS) is 15.7. The molecule has 8 heteroatoms. The molecule has 0 bridgehead atoms. The Morgan fingerprint density at radius 1 is 1.28 bits per heavy atom. The average molecular weight is 412 g/mol. The molecule has 4 rings (SSSR count). The van der Waals surface area contributed by atoms with Crippen LogP contribution in [0.4, 0.5) is 4.39 Å². The lowest BCUT2D eigenvalue weighted by molar-refractivity contribution is -0.129. The minimum absolute atomic E-state index is 0.00649. The third-order valence-corrected chi connectivity index (χ3v) is 6.20. The van der Waals surface area contributed by atoms with Crippen molar-refractivity contribution < 1.29 is 9.18 Å². The van der Waals surface area contributed by atoms with Gasteiger partial charge in [0.2, 0.25) is 11.1 Å². The molecule has 0 saturated carbocycles. The first-order valence-corrected chi connectivity index (χ1v) is 10.5. The Hall–Kier alpha value is -2.87. The van der Waals surface area contributed by atoms with E-state index in [1.807, 2.05) is 24.1 Å². The maximum Gasteiger partial charge on any atom is 0.233 e. The first-order valence-electron chi connectivity index (χ1n) is 9.47. The SMILES string of the molecule is CN(C(=O)CSc1nnc(-c2cccc(F)c2)n1N)[C@@H]1CCCc2ccccc21. The van der Waals surface area contributed by atoms with Gasteiger partial charge in [-0.15, -0.1) is 10.2 Å². The van der Waals surface area contributed by atoms with Gasteiger partial charge in [0, 0.05) is 12.6 Å². The van der Waals surface area contributed by atoms with Crippen LogP contribution in [-0.2, 0) is 11.2 Å². The van der Waals surface area contributed by atoms with E-state index in [9.17, 15) is 9.18 Å². The molecule has 29 heavy (non-hydrogen) atoms. The van der Waals surface area contributed by atoms with Crippen molar-refractivity contribution in [3.63, 3.8) is 0 Å². The summed E-state index contributed by atoms with van der Waals surface area (Å²) in [6.45, 7) is 0. The van der Waals surface area contributed by atoms with Gasteiger partial charge in [0.05, 0.1) is 11.8 Å². The molecule has 150 valence electrons. The minimum Gasteiger partial charge on any atom is -0.338 e. The highest BCUT2D eigenvalue weighted by atomic mass is 32.2. The Labute approximate surface area is 172 Å². The predicted molar refractivity (Wildman–Crippen MR) is 111 cm³/mol. The highest BCUT2D eigenvalue weighted by Gasteiger charge is 2.26. The van der Waals surface area contributed by atoms with E-state index in [4.69, 9.17) is 5.84 Å². The largest absolute Gasteiger partial charge is 0.338 e. The number of aromatic nitrogens is 3. The van der Waals surface area contributed by atoms with Crippen LogP contribution in [0.15, 0.2) is 53.7 Å². The van der Waals surface area contributed by atoms with E-state index >= 15 is 0 Å². The van der Waals surface area contributed by atoms with Crippen LogP contribution in [0.5, 0.6) is 0 Å². The highest BCUT2D eigenvalue weighted by Crippen LogP contribution is 2.34. The van der Waals surface area contributed by atoms with Crippen molar-refractivity contribution >= 4 is 17.7 Å². The number of nitrogens with zero attached hydrogens (tertiary/aromatic N) is 4. The first kappa shape index (κ1) is 19.4. The molecule has 1 aliphatic carbocycles. The van der Waals surface area contributed by atoms with Gasteiger partial charge in [-0.05, 0) is 42.5 Å². The molecule has 1 heterocycles. The molecule has 2 aromatic carbocycles. The van der Waals surface area contributed by atoms with Crippen LogP contribution in [0.2, 0.25) is 0 Å². The molecule has 2 N–H and O–H groups in total. The van der Waals surface area contributed by atoms with Crippen LogP contribution in [0.1, 0.15) is 30.0 Å². The molecule has 0 spiro atoms. The Kier molecular flexibility index (Phi) is 5.53. The van der Waals surface area contributed by atoms with Crippen molar-refractivity contribution in [1.82, 2.24) is 19.8 Å². The summed E-state index contributed by atoms with van der Waals surface area (Å²) in [5, 5.41) is 8.52. The lowest BCUT2D eigenvalue weighted by atomic mass is 9.87. The minimum atomic E-state index is -0.371. The van der Waals surface area contributed by atoms with Crippen molar-refractivity contribution in [3.8, 4) is 11.4 Å². The molecular formula is C21H22FN5OS. The van der Waals surface area contributed by atoms with E-state index in [-0.39, 0.29) is 23.5 Å². The van der Waals surface area contributed by atoms with Crippen molar-refractivity contribution in [2.45, 2.75) is 30.5 Å². The fraction of sp³-hybridized carbons (Fsp3) is 0.286. The zero-order valence-corrected chi connectivity index (χ0v) is 16.9. The van der Waals surface area contributed by atoms with Crippen molar-refractivity contribution in [1.29, 1.82) is 0 Å². The number of carbonyl (C=O) groups is 1. The summed E-state index contributed by atoms with van der Waals surface area (Å²) < 4.78 is 14.8. The zero-order valence-electron chi connectivity index (χ0n) is 16.1. The molecule has 6 nitrogen and oxygen atoms in total. The lowest BCUT2D eigenvalue weighted by Crippen LogP contribution is -2.34. The smallest absolute Gasteiger partial charge is 0.233 e. The number of amides is 1. The number of fused-ring (bicyclic) bond motifs is 1. The van der Waals surface area contributed by atoms with Gasteiger partial charge in [-0.1, -0.05) is 48.2 Å². The van der Waals surface area contributed by atoms with E-state index in [0.717, 1.165) is 19.3 Å². The topological polar surface area (TPSA) is 77.0 Å². The molecule has 1 aliphatic rings.